The molecule has 0 radical (unpaired) electrons. The van der Waals surface area contributed by atoms with Crippen molar-refractivity contribution in [2.75, 3.05) is 20.3 Å². The molecule has 0 amide bonds. The van der Waals surface area contributed by atoms with Crippen molar-refractivity contribution >= 4 is 5.96 Å². The van der Waals surface area contributed by atoms with Gasteiger partial charge < -0.3 is 15.4 Å². The monoisotopic (exact) mass is 199 g/mol. The molecule has 1 rings (SSSR count). The summed E-state index contributed by atoms with van der Waals surface area (Å²) in [4.78, 5) is 6.51. The van der Waals surface area contributed by atoms with Crippen LogP contribution < -0.4 is 5.73 Å². The maximum Gasteiger partial charge on any atom is 0.191 e. The molecule has 0 unspecified atom stereocenters. The minimum Gasteiger partial charge on any atom is -0.383 e. The Hall–Kier alpha value is -0.770. The first-order valence-corrected chi connectivity index (χ1v) is 5.24. The van der Waals surface area contributed by atoms with Crippen LogP contribution in [-0.2, 0) is 4.74 Å². The van der Waals surface area contributed by atoms with E-state index < -0.39 is 0 Å². The number of rotatable bonds is 5. The van der Waals surface area contributed by atoms with E-state index in [4.69, 9.17) is 10.5 Å². The molecule has 4 heteroatoms. The summed E-state index contributed by atoms with van der Waals surface area (Å²) in [6.07, 6.45) is 2.38. The third-order valence-corrected chi connectivity index (χ3v) is 2.32. The Labute approximate surface area is 86.1 Å². The topological polar surface area (TPSA) is 50.9 Å². The van der Waals surface area contributed by atoms with E-state index in [1.807, 2.05) is 0 Å². The van der Waals surface area contributed by atoms with Crippen molar-refractivity contribution in [1.29, 1.82) is 0 Å². The van der Waals surface area contributed by atoms with Crippen LogP contribution in [0.1, 0.15) is 26.7 Å². The molecule has 0 bridgehead atoms. The molecule has 1 aliphatic rings. The minimum atomic E-state index is 0.382. The molecule has 0 aromatic carbocycles. The number of ether oxygens (including phenoxy) is 1. The van der Waals surface area contributed by atoms with Crippen LogP contribution in [0.4, 0.5) is 0 Å². The van der Waals surface area contributed by atoms with E-state index in [-0.39, 0.29) is 0 Å². The van der Waals surface area contributed by atoms with Crippen LogP contribution in [0.3, 0.4) is 0 Å². The minimum absolute atomic E-state index is 0.382. The molecular formula is C10H21N3O. The van der Waals surface area contributed by atoms with Crippen molar-refractivity contribution in [3.05, 3.63) is 0 Å². The Morgan fingerprint density at radius 3 is 2.64 bits per heavy atom. The van der Waals surface area contributed by atoms with Gasteiger partial charge in [-0.1, -0.05) is 0 Å². The van der Waals surface area contributed by atoms with Gasteiger partial charge in [-0.25, -0.2) is 4.99 Å². The summed E-state index contributed by atoms with van der Waals surface area (Å²) in [6.45, 7) is 5.74. The van der Waals surface area contributed by atoms with Gasteiger partial charge in [-0.15, -0.1) is 0 Å². The zero-order valence-corrected chi connectivity index (χ0v) is 9.36. The summed E-state index contributed by atoms with van der Waals surface area (Å²) in [7, 11) is 1.70. The van der Waals surface area contributed by atoms with Gasteiger partial charge in [0.1, 0.15) is 0 Å². The summed E-state index contributed by atoms with van der Waals surface area (Å²) in [6, 6.07) is 0.867. The first kappa shape index (κ1) is 11.3. The fourth-order valence-electron chi connectivity index (χ4n) is 1.29. The quantitative estimate of drug-likeness (QED) is 0.527. The van der Waals surface area contributed by atoms with E-state index >= 15 is 0 Å². The molecular weight excluding hydrogens is 178 g/mol. The molecule has 2 N–H and O–H groups in total. The molecule has 0 spiro atoms. The van der Waals surface area contributed by atoms with Gasteiger partial charge in [0.2, 0.25) is 0 Å². The maximum absolute atomic E-state index is 5.92. The van der Waals surface area contributed by atoms with Gasteiger partial charge in [-0.3, -0.25) is 0 Å². The fourth-order valence-corrected chi connectivity index (χ4v) is 1.29. The van der Waals surface area contributed by atoms with Crippen molar-refractivity contribution in [1.82, 2.24) is 4.90 Å². The van der Waals surface area contributed by atoms with Crippen molar-refractivity contribution in [2.24, 2.45) is 10.7 Å². The lowest BCUT2D eigenvalue weighted by Crippen LogP contribution is -2.44. The molecule has 82 valence electrons. The average molecular weight is 199 g/mol. The molecule has 0 atom stereocenters. The normalized spacial score (nSPS) is 17.6. The number of methoxy groups -OCH3 is 1. The molecule has 0 saturated heterocycles. The first-order chi connectivity index (χ1) is 6.65. The first-order valence-electron chi connectivity index (χ1n) is 5.24. The highest BCUT2D eigenvalue weighted by molar-refractivity contribution is 5.78. The van der Waals surface area contributed by atoms with Crippen LogP contribution in [0.15, 0.2) is 4.99 Å². The highest BCUT2D eigenvalue weighted by atomic mass is 16.5. The van der Waals surface area contributed by atoms with Gasteiger partial charge in [0, 0.05) is 19.7 Å². The molecule has 1 saturated carbocycles. The third kappa shape index (κ3) is 3.54. The van der Waals surface area contributed by atoms with E-state index in [0.29, 0.717) is 24.7 Å². The van der Waals surface area contributed by atoms with Gasteiger partial charge >= 0.3 is 0 Å². The zero-order valence-electron chi connectivity index (χ0n) is 9.36. The van der Waals surface area contributed by atoms with Gasteiger partial charge in [-0.05, 0) is 26.7 Å². The molecule has 0 aromatic heterocycles. The summed E-state index contributed by atoms with van der Waals surface area (Å²) in [5.74, 6) is 0.666. The van der Waals surface area contributed by atoms with E-state index in [0.717, 1.165) is 6.54 Å². The number of hydrogen-bond acceptors (Lipinski definition) is 2. The number of aliphatic imine (C=N–C) groups is 1. The van der Waals surface area contributed by atoms with Crippen molar-refractivity contribution < 1.29 is 4.74 Å². The second-order valence-electron chi connectivity index (χ2n) is 4.00. The van der Waals surface area contributed by atoms with Crippen LogP contribution in [-0.4, -0.2) is 43.2 Å². The molecule has 0 aliphatic heterocycles. The molecule has 0 heterocycles. The highest BCUT2D eigenvalue weighted by Gasteiger charge is 2.22. The maximum atomic E-state index is 5.92. The van der Waals surface area contributed by atoms with E-state index in [9.17, 15) is 0 Å². The van der Waals surface area contributed by atoms with E-state index in [2.05, 4.69) is 23.7 Å². The molecule has 0 aromatic rings. The van der Waals surface area contributed by atoms with Crippen molar-refractivity contribution in [3.8, 4) is 0 Å². The molecule has 1 aliphatic carbocycles. The van der Waals surface area contributed by atoms with E-state index in [1.165, 1.54) is 12.8 Å². The third-order valence-electron chi connectivity index (χ3n) is 2.32. The molecule has 1 fully saturated rings. The van der Waals surface area contributed by atoms with Crippen LogP contribution in [0.25, 0.3) is 0 Å². The number of hydrogen-bond donors (Lipinski definition) is 1. The summed E-state index contributed by atoms with van der Waals surface area (Å²) >= 11 is 0. The van der Waals surface area contributed by atoms with E-state index in [1.54, 1.807) is 7.11 Å². The van der Waals surface area contributed by atoms with Crippen LogP contribution in [0.5, 0.6) is 0 Å². The highest BCUT2D eigenvalue weighted by Crippen LogP contribution is 2.23. The SMILES string of the molecule is COCCN(C(N)=NC1CC1)C(C)C. The summed E-state index contributed by atoms with van der Waals surface area (Å²) in [5, 5.41) is 0. The fraction of sp³-hybridized carbons (Fsp3) is 0.900. The standard InChI is InChI=1S/C10H21N3O/c1-8(2)13(6-7-14-3)10(11)12-9-4-5-9/h8-9H,4-7H2,1-3H3,(H2,11,12). The van der Waals surface area contributed by atoms with Gasteiger partial charge in [0.05, 0.1) is 12.6 Å². The Kier molecular flexibility index (Phi) is 4.20. The summed E-state index contributed by atoms with van der Waals surface area (Å²) in [5.41, 5.74) is 5.92. The average Bonchev–Trinajstić information content (AvgIpc) is 2.88. The number of nitrogens with zero attached hydrogens (tertiary/aromatic N) is 2. The van der Waals surface area contributed by atoms with Crippen molar-refractivity contribution in [3.63, 3.8) is 0 Å². The van der Waals surface area contributed by atoms with Gasteiger partial charge in [0.25, 0.3) is 0 Å². The van der Waals surface area contributed by atoms with Crippen LogP contribution >= 0.6 is 0 Å². The largest absolute Gasteiger partial charge is 0.383 e. The van der Waals surface area contributed by atoms with Crippen LogP contribution in [0, 0.1) is 0 Å². The molecule has 4 nitrogen and oxygen atoms in total. The Bertz CT molecular complexity index is 200. The molecule has 14 heavy (non-hydrogen) atoms. The van der Waals surface area contributed by atoms with Crippen LogP contribution in [0.2, 0.25) is 0 Å². The predicted molar refractivity (Wildman–Crippen MR) is 58.4 cm³/mol. The smallest absolute Gasteiger partial charge is 0.191 e. The number of nitrogens with two attached hydrogens (primary N) is 1. The lowest BCUT2D eigenvalue weighted by atomic mass is 10.3. The lowest BCUT2D eigenvalue weighted by Gasteiger charge is -2.27. The predicted octanol–water partition coefficient (Wildman–Crippen LogP) is 0.820. The Balaban J connectivity index is 2.46. The lowest BCUT2D eigenvalue weighted by molar-refractivity contribution is 0.166. The van der Waals surface area contributed by atoms with Gasteiger partial charge in [0.15, 0.2) is 5.96 Å². The summed E-state index contributed by atoms with van der Waals surface area (Å²) < 4.78 is 5.04. The Morgan fingerprint density at radius 1 is 1.57 bits per heavy atom. The van der Waals surface area contributed by atoms with Crippen molar-refractivity contribution in [2.45, 2.75) is 38.8 Å². The Morgan fingerprint density at radius 2 is 2.21 bits per heavy atom. The second kappa shape index (κ2) is 5.20. The zero-order chi connectivity index (χ0) is 10.6. The number of guanidine groups is 1. The second-order valence-corrected chi connectivity index (χ2v) is 4.00. The van der Waals surface area contributed by atoms with Gasteiger partial charge in [-0.2, -0.15) is 0 Å².